The van der Waals surface area contributed by atoms with Crippen LogP contribution in [0.4, 0.5) is 0 Å². The summed E-state index contributed by atoms with van der Waals surface area (Å²) in [7, 11) is 0. The third kappa shape index (κ3) is 5.19. The Balaban J connectivity index is 1.74. The zero-order valence-corrected chi connectivity index (χ0v) is 24.1. The van der Waals surface area contributed by atoms with E-state index in [9.17, 15) is 9.59 Å². The van der Waals surface area contributed by atoms with Crippen molar-refractivity contribution in [2.24, 2.45) is 4.99 Å². The van der Waals surface area contributed by atoms with Gasteiger partial charge in [0.25, 0.3) is 5.56 Å². The third-order valence-corrected chi connectivity index (χ3v) is 7.58. The Bertz CT molecular complexity index is 1780. The molecule has 7 nitrogen and oxygen atoms in total. The summed E-state index contributed by atoms with van der Waals surface area (Å²) < 4.78 is 19.3. The van der Waals surface area contributed by atoms with E-state index in [4.69, 9.17) is 19.2 Å². The summed E-state index contributed by atoms with van der Waals surface area (Å²) in [5.41, 5.74) is 2.23. The molecule has 3 aromatic carbocycles. The van der Waals surface area contributed by atoms with E-state index in [1.54, 1.807) is 18.4 Å². The van der Waals surface area contributed by atoms with Crippen LogP contribution in [0.1, 0.15) is 51.8 Å². The van der Waals surface area contributed by atoms with Gasteiger partial charge in [0.15, 0.2) is 4.80 Å². The molecule has 0 saturated heterocycles. The Labute approximate surface area is 236 Å². The summed E-state index contributed by atoms with van der Waals surface area (Å²) in [6.45, 7) is 10.2. The summed E-state index contributed by atoms with van der Waals surface area (Å²) in [5.74, 6) is 0.926. The summed E-state index contributed by atoms with van der Waals surface area (Å²) in [5, 5.41) is 2.03. The molecule has 0 fully saturated rings. The number of aromatic nitrogens is 1. The SMILES string of the molecule is CCOC(=O)C1=C(C)N=c2s/c(=C\c3c(OC(C)C)ccc4ccccc34)c(=O)n2[C@H]1c1ccc(OCC)cc1. The number of fused-ring (bicyclic) bond motifs is 2. The number of nitrogens with zero attached hydrogens (tertiary/aromatic N) is 2. The molecule has 0 saturated carbocycles. The van der Waals surface area contributed by atoms with Gasteiger partial charge in [0, 0.05) is 5.56 Å². The van der Waals surface area contributed by atoms with E-state index < -0.39 is 12.0 Å². The quantitative estimate of drug-likeness (QED) is 0.281. The van der Waals surface area contributed by atoms with Gasteiger partial charge in [-0.05, 0) is 75.2 Å². The first-order valence-corrected chi connectivity index (χ1v) is 14.2. The molecule has 2 heterocycles. The van der Waals surface area contributed by atoms with Crippen molar-refractivity contribution in [3.8, 4) is 11.5 Å². The van der Waals surface area contributed by atoms with Crippen LogP contribution in [-0.4, -0.2) is 29.9 Å². The third-order valence-electron chi connectivity index (χ3n) is 6.59. The first-order valence-electron chi connectivity index (χ1n) is 13.4. The first kappa shape index (κ1) is 27.4. The first-order chi connectivity index (χ1) is 19.3. The number of thiazole rings is 1. The summed E-state index contributed by atoms with van der Waals surface area (Å²) in [6.07, 6.45) is 1.84. The number of allylic oxidation sites excluding steroid dienone is 1. The van der Waals surface area contributed by atoms with Gasteiger partial charge in [0.2, 0.25) is 0 Å². The average Bonchev–Trinajstić information content (AvgIpc) is 3.23. The normalized spacial score (nSPS) is 15.2. The number of carbonyl (C=O) groups is 1. The van der Waals surface area contributed by atoms with Crippen LogP contribution in [0.2, 0.25) is 0 Å². The second-order valence-corrected chi connectivity index (χ2v) is 10.7. The van der Waals surface area contributed by atoms with E-state index in [0.29, 0.717) is 38.7 Å². The van der Waals surface area contributed by atoms with Crippen molar-refractivity contribution < 1.29 is 19.0 Å². The van der Waals surface area contributed by atoms with E-state index in [2.05, 4.69) is 0 Å². The van der Waals surface area contributed by atoms with Crippen LogP contribution < -0.4 is 24.4 Å². The standard InChI is InChI=1S/C32H32N2O5S/c1-6-37-23-15-12-22(13-16-23)29-28(31(36)38-7-2)20(5)33-32-34(29)30(35)27(40-32)18-25-24-11-9-8-10-21(24)14-17-26(25)39-19(3)4/h8-19,29H,6-7H2,1-5H3/b27-18-/t29-/m0/s1. The number of esters is 1. The van der Waals surface area contributed by atoms with Gasteiger partial charge in [-0.1, -0.05) is 53.8 Å². The van der Waals surface area contributed by atoms with Crippen LogP contribution in [0.25, 0.3) is 16.8 Å². The van der Waals surface area contributed by atoms with Crippen LogP contribution in [0.5, 0.6) is 11.5 Å². The molecule has 8 heteroatoms. The molecule has 5 rings (SSSR count). The molecule has 206 valence electrons. The van der Waals surface area contributed by atoms with Gasteiger partial charge >= 0.3 is 5.97 Å². The molecule has 0 unspecified atom stereocenters. The predicted octanol–water partition coefficient (Wildman–Crippen LogP) is 5.14. The van der Waals surface area contributed by atoms with Gasteiger partial charge in [0.05, 0.1) is 41.2 Å². The van der Waals surface area contributed by atoms with Gasteiger partial charge in [0.1, 0.15) is 11.5 Å². The number of rotatable bonds is 8. The van der Waals surface area contributed by atoms with Gasteiger partial charge in [-0.2, -0.15) is 0 Å². The van der Waals surface area contributed by atoms with Crippen molar-refractivity contribution in [3.63, 3.8) is 0 Å². The zero-order chi connectivity index (χ0) is 28.4. The van der Waals surface area contributed by atoms with Gasteiger partial charge in [-0.15, -0.1) is 0 Å². The highest BCUT2D eigenvalue weighted by molar-refractivity contribution is 7.07. The van der Waals surface area contributed by atoms with Crippen molar-refractivity contribution in [2.45, 2.75) is 46.8 Å². The van der Waals surface area contributed by atoms with Crippen molar-refractivity contribution in [3.05, 3.63) is 103 Å². The lowest BCUT2D eigenvalue weighted by atomic mass is 9.96. The fourth-order valence-electron chi connectivity index (χ4n) is 4.93. The van der Waals surface area contributed by atoms with E-state index in [1.165, 1.54) is 11.3 Å². The fourth-order valence-corrected chi connectivity index (χ4v) is 5.96. The molecular weight excluding hydrogens is 524 g/mol. The number of hydrogen-bond acceptors (Lipinski definition) is 7. The number of carbonyl (C=O) groups excluding carboxylic acids is 1. The molecule has 0 radical (unpaired) electrons. The van der Waals surface area contributed by atoms with E-state index in [0.717, 1.165) is 21.9 Å². The minimum atomic E-state index is -0.688. The molecule has 0 aliphatic carbocycles. The maximum Gasteiger partial charge on any atom is 0.338 e. The van der Waals surface area contributed by atoms with Crippen LogP contribution >= 0.6 is 11.3 Å². The lowest BCUT2D eigenvalue weighted by Crippen LogP contribution is -2.39. The Morgan fingerprint density at radius 3 is 2.50 bits per heavy atom. The second-order valence-electron chi connectivity index (χ2n) is 9.67. The smallest absolute Gasteiger partial charge is 0.338 e. The van der Waals surface area contributed by atoms with Gasteiger partial charge in [-0.3, -0.25) is 9.36 Å². The number of hydrogen-bond donors (Lipinski definition) is 0. The van der Waals surface area contributed by atoms with Crippen LogP contribution in [0.3, 0.4) is 0 Å². The molecule has 1 aromatic heterocycles. The van der Waals surface area contributed by atoms with E-state index >= 15 is 0 Å². The van der Waals surface area contributed by atoms with Crippen molar-refractivity contribution in [2.75, 3.05) is 13.2 Å². The molecule has 1 atom stereocenters. The molecule has 1 aliphatic heterocycles. The minimum Gasteiger partial charge on any atom is -0.494 e. The summed E-state index contributed by atoms with van der Waals surface area (Å²) in [4.78, 5) is 32.5. The molecule has 0 N–H and O–H groups in total. The van der Waals surface area contributed by atoms with Crippen molar-refractivity contribution >= 4 is 34.2 Å². The highest BCUT2D eigenvalue weighted by atomic mass is 32.1. The second kappa shape index (κ2) is 11.5. The summed E-state index contributed by atoms with van der Waals surface area (Å²) in [6, 6.07) is 18.7. The van der Waals surface area contributed by atoms with Gasteiger partial charge in [-0.25, -0.2) is 9.79 Å². The van der Waals surface area contributed by atoms with Crippen LogP contribution in [0.15, 0.2) is 81.7 Å². The molecule has 0 amide bonds. The maximum absolute atomic E-state index is 14.1. The highest BCUT2D eigenvalue weighted by Crippen LogP contribution is 2.32. The van der Waals surface area contributed by atoms with Crippen LogP contribution in [-0.2, 0) is 9.53 Å². The maximum atomic E-state index is 14.1. The minimum absolute atomic E-state index is 0.0380. The van der Waals surface area contributed by atoms with Gasteiger partial charge < -0.3 is 14.2 Å². The van der Waals surface area contributed by atoms with Crippen molar-refractivity contribution in [1.29, 1.82) is 0 Å². The average molecular weight is 557 g/mol. The fraction of sp³-hybridized carbons (Fsp3) is 0.281. The molecule has 40 heavy (non-hydrogen) atoms. The van der Waals surface area contributed by atoms with Crippen LogP contribution in [0, 0.1) is 0 Å². The monoisotopic (exact) mass is 556 g/mol. The Kier molecular flexibility index (Phi) is 7.89. The lowest BCUT2D eigenvalue weighted by Gasteiger charge is -2.24. The zero-order valence-electron chi connectivity index (χ0n) is 23.3. The largest absolute Gasteiger partial charge is 0.494 e. The molecule has 1 aliphatic rings. The predicted molar refractivity (Wildman–Crippen MR) is 158 cm³/mol. The summed E-state index contributed by atoms with van der Waals surface area (Å²) >= 11 is 1.30. The Morgan fingerprint density at radius 1 is 1.05 bits per heavy atom. The van der Waals surface area contributed by atoms with Crippen molar-refractivity contribution in [1.82, 2.24) is 4.57 Å². The molecule has 4 aromatic rings. The number of benzene rings is 3. The highest BCUT2D eigenvalue weighted by Gasteiger charge is 2.33. The van der Waals surface area contributed by atoms with E-state index in [-0.39, 0.29) is 18.3 Å². The molecule has 0 bridgehead atoms. The van der Waals surface area contributed by atoms with E-state index in [1.807, 2.05) is 87.5 Å². The number of ether oxygens (including phenoxy) is 3. The molecular formula is C32H32N2O5S. The Hall–Kier alpha value is -4.17. The Morgan fingerprint density at radius 2 is 1.80 bits per heavy atom. The molecule has 0 spiro atoms. The lowest BCUT2D eigenvalue weighted by molar-refractivity contribution is -0.139. The topological polar surface area (TPSA) is 79.1 Å².